The molecule has 490 valence electrons. The van der Waals surface area contributed by atoms with Gasteiger partial charge in [-0.15, -0.1) is 0 Å². The van der Waals surface area contributed by atoms with E-state index >= 15 is 0 Å². The molecule has 0 saturated heterocycles. The van der Waals surface area contributed by atoms with Crippen molar-refractivity contribution in [2.45, 2.75) is 431 Å². The fourth-order valence-corrected chi connectivity index (χ4v) is 11.9. The first-order valence-electron chi connectivity index (χ1n) is 37.7. The predicted octanol–water partition coefficient (Wildman–Crippen LogP) is 24.7. The quantitative estimate of drug-likeness (QED) is 0.0320. The first kappa shape index (κ1) is 81.1. The Morgan fingerprint density at radius 3 is 0.928 bits per heavy atom. The molecule has 0 radical (unpaired) electrons. The van der Waals surface area contributed by atoms with Crippen molar-refractivity contribution < 1.29 is 24.5 Å². The summed E-state index contributed by atoms with van der Waals surface area (Å²) in [5.41, 5.74) is 0. The number of allylic oxidation sites excluding steroid dienone is 6. The number of nitrogens with one attached hydrogen (secondary N) is 1. The molecule has 0 aliphatic heterocycles. The van der Waals surface area contributed by atoms with Crippen LogP contribution in [-0.4, -0.2) is 47.4 Å². The van der Waals surface area contributed by atoms with Crippen LogP contribution in [-0.2, 0) is 14.3 Å². The lowest BCUT2D eigenvalue weighted by molar-refractivity contribution is -0.143. The zero-order chi connectivity index (χ0) is 59.9. The number of esters is 1. The van der Waals surface area contributed by atoms with E-state index in [1.165, 1.54) is 334 Å². The second-order valence-corrected chi connectivity index (χ2v) is 26.0. The number of hydrogen-bond donors (Lipinski definition) is 3. The van der Waals surface area contributed by atoms with Crippen LogP contribution in [0, 0.1) is 0 Å². The summed E-state index contributed by atoms with van der Waals surface area (Å²) in [6.07, 6.45) is 93.8. The number of aliphatic hydroxyl groups is 2. The average molecular weight is 1170 g/mol. The highest BCUT2D eigenvalue weighted by atomic mass is 16.5. The SMILES string of the molecule is CCCCCCCC/C=C\CCCCCCCCCC(=O)OCCCCCCCCCCCCCCCCC/C=C\C/C=C\CCCCCCCCCCCCCCCCCCCC(=O)NC(CO)C(O)CCCCCCCCCCCC. The van der Waals surface area contributed by atoms with Gasteiger partial charge in [-0.2, -0.15) is 0 Å². The van der Waals surface area contributed by atoms with Gasteiger partial charge in [0.2, 0.25) is 5.91 Å². The van der Waals surface area contributed by atoms with Crippen LogP contribution in [0.2, 0.25) is 0 Å². The Labute approximate surface area is 519 Å². The standard InChI is InChI=1S/C77H147NO5/c1-3-5-7-9-11-13-15-16-17-41-45-48-51-55-59-63-67-71-77(82)83-72-68-64-60-56-52-49-46-43-40-38-36-34-32-30-28-26-24-22-20-18-19-21-23-25-27-29-31-33-35-37-39-42-44-47-50-54-58-62-66-70-76(81)78-74(73-79)75(80)69-65-61-57-53-14-12-10-8-6-4-2/h16-19,22,24,74-75,79-80H,3-15,20-21,23,25-73H2,1-2H3,(H,78,81)/b17-16-,19-18-,24-22-. The molecule has 0 aliphatic rings. The molecule has 0 aromatic rings. The third-order valence-corrected chi connectivity index (χ3v) is 17.7. The average Bonchev–Trinajstić information content (AvgIpc) is 3.50. The Balaban J connectivity index is 3.32. The largest absolute Gasteiger partial charge is 0.466 e. The minimum Gasteiger partial charge on any atom is -0.466 e. The Hall–Kier alpha value is -1.92. The van der Waals surface area contributed by atoms with Crippen LogP contribution < -0.4 is 5.32 Å². The molecule has 0 fully saturated rings. The van der Waals surface area contributed by atoms with Crippen LogP contribution in [0.3, 0.4) is 0 Å². The monoisotopic (exact) mass is 1170 g/mol. The first-order chi connectivity index (χ1) is 41.0. The molecular weight excluding hydrogens is 1020 g/mol. The van der Waals surface area contributed by atoms with E-state index in [4.69, 9.17) is 4.74 Å². The number of amides is 1. The molecule has 3 N–H and O–H groups in total. The zero-order valence-corrected chi connectivity index (χ0v) is 56.2. The van der Waals surface area contributed by atoms with E-state index in [-0.39, 0.29) is 18.5 Å². The Bertz CT molecular complexity index is 1340. The van der Waals surface area contributed by atoms with Crippen molar-refractivity contribution in [1.29, 1.82) is 0 Å². The highest BCUT2D eigenvalue weighted by Gasteiger charge is 2.20. The Morgan fingerprint density at radius 2 is 0.602 bits per heavy atom. The summed E-state index contributed by atoms with van der Waals surface area (Å²) in [5.74, 6) is -0.0143. The molecule has 1 amide bonds. The summed E-state index contributed by atoms with van der Waals surface area (Å²) in [7, 11) is 0. The second kappa shape index (κ2) is 72.6. The molecule has 0 aliphatic carbocycles. The maximum atomic E-state index is 12.5. The summed E-state index contributed by atoms with van der Waals surface area (Å²) in [6, 6.07) is -0.537. The molecule has 83 heavy (non-hydrogen) atoms. The van der Waals surface area contributed by atoms with Crippen LogP contribution in [0.5, 0.6) is 0 Å². The number of aliphatic hydroxyl groups excluding tert-OH is 2. The molecule has 6 nitrogen and oxygen atoms in total. The van der Waals surface area contributed by atoms with Gasteiger partial charge in [0.15, 0.2) is 0 Å². The zero-order valence-electron chi connectivity index (χ0n) is 56.2. The van der Waals surface area contributed by atoms with E-state index in [9.17, 15) is 19.8 Å². The molecule has 2 atom stereocenters. The molecule has 0 aromatic heterocycles. The number of rotatable bonds is 71. The van der Waals surface area contributed by atoms with E-state index in [1.54, 1.807) is 0 Å². The lowest BCUT2D eigenvalue weighted by atomic mass is 10.0. The van der Waals surface area contributed by atoms with Gasteiger partial charge in [-0.05, 0) is 83.5 Å². The van der Waals surface area contributed by atoms with Crippen LogP contribution >= 0.6 is 0 Å². The third-order valence-electron chi connectivity index (χ3n) is 17.7. The van der Waals surface area contributed by atoms with Crippen molar-refractivity contribution in [2.24, 2.45) is 0 Å². The van der Waals surface area contributed by atoms with Crippen molar-refractivity contribution in [3.63, 3.8) is 0 Å². The molecule has 0 aromatic carbocycles. The fraction of sp³-hybridized carbons (Fsp3) is 0.896. The Morgan fingerprint density at radius 1 is 0.337 bits per heavy atom. The molecule has 6 heteroatoms. The topological polar surface area (TPSA) is 95.9 Å². The molecule has 0 heterocycles. The summed E-state index contributed by atoms with van der Waals surface area (Å²) in [4.78, 5) is 24.6. The van der Waals surface area contributed by atoms with E-state index in [0.29, 0.717) is 25.9 Å². The van der Waals surface area contributed by atoms with Gasteiger partial charge in [0.1, 0.15) is 0 Å². The summed E-state index contributed by atoms with van der Waals surface area (Å²) in [5, 5.41) is 23.2. The maximum absolute atomic E-state index is 12.5. The maximum Gasteiger partial charge on any atom is 0.305 e. The number of carbonyl (C=O) groups is 2. The summed E-state index contributed by atoms with van der Waals surface area (Å²) in [6.45, 7) is 4.96. The van der Waals surface area contributed by atoms with Crippen molar-refractivity contribution >= 4 is 11.9 Å². The highest BCUT2D eigenvalue weighted by molar-refractivity contribution is 5.76. The van der Waals surface area contributed by atoms with Gasteiger partial charge < -0.3 is 20.3 Å². The van der Waals surface area contributed by atoms with Gasteiger partial charge in [0.25, 0.3) is 0 Å². The van der Waals surface area contributed by atoms with Gasteiger partial charge in [-0.25, -0.2) is 0 Å². The predicted molar refractivity (Wildman–Crippen MR) is 366 cm³/mol. The molecule has 0 rings (SSSR count). The number of ether oxygens (including phenoxy) is 1. The van der Waals surface area contributed by atoms with Gasteiger partial charge in [-0.3, -0.25) is 9.59 Å². The van der Waals surface area contributed by atoms with E-state index in [1.807, 2.05) is 0 Å². The van der Waals surface area contributed by atoms with Crippen LogP contribution in [0.15, 0.2) is 36.5 Å². The van der Waals surface area contributed by atoms with Crippen LogP contribution in [0.25, 0.3) is 0 Å². The van der Waals surface area contributed by atoms with Crippen molar-refractivity contribution in [3.8, 4) is 0 Å². The van der Waals surface area contributed by atoms with E-state index in [2.05, 4.69) is 55.6 Å². The van der Waals surface area contributed by atoms with Gasteiger partial charge in [0, 0.05) is 12.8 Å². The number of unbranched alkanes of at least 4 members (excludes halogenated alkanes) is 54. The normalized spacial score (nSPS) is 12.7. The van der Waals surface area contributed by atoms with Crippen LogP contribution in [0.4, 0.5) is 0 Å². The smallest absolute Gasteiger partial charge is 0.305 e. The molecule has 2 unspecified atom stereocenters. The van der Waals surface area contributed by atoms with Crippen molar-refractivity contribution in [2.75, 3.05) is 13.2 Å². The minimum absolute atomic E-state index is 0.0174. The van der Waals surface area contributed by atoms with E-state index in [0.717, 1.165) is 51.4 Å². The molecule has 0 bridgehead atoms. The van der Waals surface area contributed by atoms with Gasteiger partial charge in [-0.1, -0.05) is 359 Å². The Kier molecular flexibility index (Phi) is 70.9. The van der Waals surface area contributed by atoms with Crippen molar-refractivity contribution in [1.82, 2.24) is 5.32 Å². The molecular formula is C77H147NO5. The lowest BCUT2D eigenvalue weighted by Gasteiger charge is -2.22. The van der Waals surface area contributed by atoms with Gasteiger partial charge in [0.05, 0.1) is 25.4 Å². The second-order valence-electron chi connectivity index (χ2n) is 26.0. The first-order valence-corrected chi connectivity index (χ1v) is 37.7. The van der Waals surface area contributed by atoms with Crippen molar-refractivity contribution in [3.05, 3.63) is 36.5 Å². The summed E-state index contributed by atoms with van der Waals surface area (Å²) < 4.78 is 5.51. The lowest BCUT2D eigenvalue weighted by Crippen LogP contribution is -2.45. The van der Waals surface area contributed by atoms with E-state index < -0.39 is 12.1 Å². The summed E-state index contributed by atoms with van der Waals surface area (Å²) >= 11 is 0. The molecule has 0 spiro atoms. The van der Waals surface area contributed by atoms with Crippen LogP contribution in [0.1, 0.15) is 418 Å². The van der Waals surface area contributed by atoms with Gasteiger partial charge >= 0.3 is 5.97 Å². The third kappa shape index (κ3) is 69.1. The number of hydrogen-bond acceptors (Lipinski definition) is 5. The number of carbonyl (C=O) groups excluding carboxylic acids is 2. The highest BCUT2D eigenvalue weighted by Crippen LogP contribution is 2.19. The molecule has 0 saturated carbocycles. The minimum atomic E-state index is -0.660. The fourth-order valence-electron chi connectivity index (χ4n) is 11.9.